The first-order valence-corrected chi connectivity index (χ1v) is 14.2. The summed E-state index contributed by atoms with van der Waals surface area (Å²) in [7, 11) is -0.613. The van der Waals surface area contributed by atoms with E-state index in [0.29, 0.717) is 24.7 Å². The second-order valence-corrected chi connectivity index (χ2v) is 12.5. The van der Waals surface area contributed by atoms with Crippen molar-refractivity contribution in [2.45, 2.75) is 96.8 Å². The summed E-state index contributed by atoms with van der Waals surface area (Å²) in [5.74, 6) is -0.271. The molecule has 4 aliphatic rings. The highest BCUT2D eigenvalue weighted by Crippen LogP contribution is 2.65. The van der Waals surface area contributed by atoms with Gasteiger partial charge in [-0.25, -0.2) is 15.2 Å². The van der Waals surface area contributed by atoms with Crippen LogP contribution in [0.4, 0.5) is 0 Å². The Bertz CT molecular complexity index is 1120. The first-order valence-electron chi connectivity index (χ1n) is 14.2. The molecule has 1 aliphatic heterocycles. The molecule has 1 aromatic heterocycles. The Balaban J connectivity index is 1.42. The van der Waals surface area contributed by atoms with Crippen LogP contribution in [0.15, 0.2) is 0 Å². The summed E-state index contributed by atoms with van der Waals surface area (Å²) in [5.41, 5.74) is 1.48. The van der Waals surface area contributed by atoms with Gasteiger partial charge in [0.15, 0.2) is 10.9 Å². The summed E-state index contributed by atoms with van der Waals surface area (Å²) in [6.07, 6.45) is 3.05. The predicted octanol–water partition coefficient (Wildman–Crippen LogP) is 0.111. The molecule has 2 heterocycles. The number of carbonyl (C=O) groups is 2. The van der Waals surface area contributed by atoms with Crippen LogP contribution in [0, 0.1) is 38.7 Å². The molecule has 6 N–H and O–H groups in total. The minimum Gasteiger partial charge on any atom is -0.404 e. The van der Waals surface area contributed by atoms with Crippen LogP contribution in [0.2, 0.25) is 0 Å². The number of hydrogen-bond acceptors (Lipinski definition) is 10. The molecule has 17 heteroatoms. The number of hydrogen-bond donors (Lipinski definition) is 6. The Labute approximate surface area is 239 Å². The smallest absolute Gasteiger partial charge is 0.404 e. The Kier molecular flexibility index (Phi) is 9.16. The van der Waals surface area contributed by atoms with Gasteiger partial charge in [-0.2, -0.15) is 0 Å². The number of aromatic nitrogens is 4. The molecule has 226 valence electrons. The zero-order chi connectivity index (χ0) is 29.9. The van der Waals surface area contributed by atoms with Gasteiger partial charge in [0, 0.05) is 6.54 Å². The Morgan fingerprint density at radius 3 is 2.66 bits per heavy atom. The van der Waals surface area contributed by atoms with Crippen molar-refractivity contribution in [3.63, 3.8) is 0 Å². The van der Waals surface area contributed by atoms with Gasteiger partial charge in [0.25, 0.3) is 5.96 Å². The number of nitrogens with one attached hydrogen (secondary N) is 6. The number of rotatable bonds is 13. The molecule has 0 spiro atoms. The van der Waals surface area contributed by atoms with Crippen LogP contribution in [0.5, 0.6) is 0 Å². The van der Waals surface area contributed by atoms with E-state index >= 15 is 0 Å². The molecular weight excluding hydrogens is 535 g/mol. The molecule has 0 aromatic carbocycles. The SMILES string of the molecule is CC(C)C[C@H](NC(=O)[C@H](CCCNC(=N)N[N+](=O)[O-])NC(=O)Cc1nnn[nH]1)B1O[C@@H]2C[C@@H]3C[C@@H](C3(C)C)[C@]2(C)O1. The molecule has 3 aliphatic carbocycles. The predicted molar refractivity (Wildman–Crippen MR) is 146 cm³/mol. The number of H-pyrrole nitrogens is 1. The lowest BCUT2D eigenvalue weighted by atomic mass is 9.43. The third kappa shape index (κ3) is 6.94. The summed E-state index contributed by atoms with van der Waals surface area (Å²) in [6, 6.07) is -0.918. The van der Waals surface area contributed by atoms with Gasteiger partial charge in [0.05, 0.1) is 24.1 Å². The van der Waals surface area contributed by atoms with E-state index in [1.807, 2.05) is 0 Å². The molecule has 41 heavy (non-hydrogen) atoms. The maximum absolute atomic E-state index is 13.6. The highest BCUT2D eigenvalue weighted by molar-refractivity contribution is 6.48. The first-order chi connectivity index (χ1) is 19.3. The van der Waals surface area contributed by atoms with Gasteiger partial charge in [-0.05, 0) is 72.6 Å². The second-order valence-electron chi connectivity index (χ2n) is 12.5. The van der Waals surface area contributed by atoms with Gasteiger partial charge >= 0.3 is 7.12 Å². The number of aromatic amines is 1. The van der Waals surface area contributed by atoms with Gasteiger partial charge in [-0.3, -0.25) is 15.0 Å². The summed E-state index contributed by atoms with van der Waals surface area (Å²) in [5, 5.41) is 38.8. The fourth-order valence-electron chi connectivity index (χ4n) is 6.67. The largest absolute Gasteiger partial charge is 0.481 e. The summed E-state index contributed by atoms with van der Waals surface area (Å²) in [4.78, 5) is 36.9. The molecule has 4 fully saturated rings. The molecule has 6 atom stereocenters. The molecule has 0 unspecified atom stereocenters. The zero-order valence-corrected chi connectivity index (χ0v) is 24.2. The Morgan fingerprint density at radius 2 is 2.02 bits per heavy atom. The van der Waals surface area contributed by atoms with Crippen molar-refractivity contribution >= 4 is 24.9 Å². The van der Waals surface area contributed by atoms with E-state index in [4.69, 9.17) is 14.7 Å². The van der Waals surface area contributed by atoms with Gasteiger partial charge in [-0.15, -0.1) is 5.10 Å². The molecule has 1 saturated heterocycles. The maximum atomic E-state index is 13.6. The topological polar surface area (TPSA) is 222 Å². The van der Waals surface area contributed by atoms with Crippen LogP contribution in [0.3, 0.4) is 0 Å². The number of nitro groups is 1. The van der Waals surface area contributed by atoms with Crippen molar-refractivity contribution in [1.29, 1.82) is 5.41 Å². The molecule has 16 nitrogen and oxygen atoms in total. The van der Waals surface area contributed by atoms with E-state index in [1.165, 1.54) is 0 Å². The lowest BCUT2D eigenvalue weighted by Crippen LogP contribution is -2.65. The highest BCUT2D eigenvalue weighted by Gasteiger charge is 2.68. The first kappa shape index (κ1) is 30.6. The van der Waals surface area contributed by atoms with Gasteiger partial charge < -0.3 is 25.3 Å². The lowest BCUT2D eigenvalue weighted by molar-refractivity contribution is -0.525. The summed E-state index contributed by atoms with van der Waals surface area (Å²) in [6.45, 7) is 11.0. The van der Waals surface area contributed by atoms with Crippen molar-refractivity contribution in [1.82, 2.24) is 42.0 Å². The van der Waals surface area contributed by atoms with E-state index in [0.717, 1.165) is 12.8 Å². The van der Waals surface area contributed by atoms with Gasteiger partial charge in [0.1, 0.15) is 6.04 Å². The van der Waals surface area contributed by atoms with Crippen molar-refractivity contribution in [2.75, 3.05) is 6.54 Å². The Hall–Kier alpha value is -3.34. The third-order valence-corrected chi connectivity index (χ3v) is 8.89. The van der Waals surface area contributed by atoms with Crippen molar-refractivity contribution in [2.24, 2.45) is 23.2 Å². The number of hydrazine groups is 1. The monoisotopic (exact) mass is 576 g/mol. The standard InChI is InChI=1S/C24H41BN10O6/c1-13(2)9-18(25-40-17-11-14-10-16(23(14,3)4)24(17,5)41-25)29-21(37)15(7-6-8-27-22(26)32-35(38)39)28-20(36)12-19-30-33-34-31-19/h13-18H,6-12H2,1-5H3,(H,28,36)(H,29,37)(H3,26,27,32)(H,30,31,33,34)/t14-,15-,16-,17+,18-,24-/m0/s1. The van der Waals surface area contributed by atoms with Crippen molar-refractivity contribution in [3.8, 4) is 0 Å². The zero-order valence-electron chi connectivity index (χ0n) is 24.2. The molecule has 1 aromatic rings. The maximum Gasteiger partial charge on any atom is 0.481 e. The minimum atomic E-state index is -0.918. The number of amides is 2. The number of guanidine groups is 1. The molecule has 2 bridgehead atoms. The van der Waals surface area contributed by atoms with Crippen LogP contribution in [0.1, 0.15) is 72.5 Å². The number of carbonyl (C=O) groups excluding carboxylic acids is 2. The normalized spacial score (nSPS) is 27.3. The summed E-state index contributed by atoms with van der Waals surface area (Å²) >= 11 is 0. The van der Waals surface area contributed by atoms with E-state index in [1.54, 1.807) is 5.43 Å². The molecule has 2 amide bonds. The fraction of sp³-hybridized carbons (Fsp3) is 0.833. The average molecular weight is 576 g/mol. The minimum absolute atomic E-state index is 0.0315. The van der Waals surface area contributed by atoms with Crippen molar-refractivity contribution in [3.05, 3.63) is 15.9 Å². The van der Waals surface area contributed by atoms with E-state index in [2.05, 4.69) is 71.2 Å². The van der Waals surface area contributed by atoms with Gasteiger partial charge in [-0.1, -0.05) is 33.1 Å². The lowest BCUT2D eigenvalue weighted by Gasteiger charge is -2.64. The second kappa shape index (κ2) is 12.3. The molecule has 0 radical (unpaired) electrons. The van der Waals surface area contributed by atoms with E-state index in [-0.39, 0.29) is 42.6 Å². The fourth-order valence-corrected chi connectivity index (χ4v) is 6.67. The summed E-state index contributed by atoms with van der Waals surface area (Å²) < 4.78 is 13.1. The average Bonchev–Trinajstić information content (AvgIpc) is 3.51. The van der Waals surface area contributed by atoms with Crippen LogP contribution >= 0.6 is 0 Å². The third-order valence-electron chi connectivity index (χ3n) is 8.89. The number of nitrogens with zero attached hydrogens (tertiary/aromatic N) is 4. The van der Waals surface area contributed by atoms with Gasteiger partial charge in [0.2, 0.25) is 11.8 Å². The quantitative estimate of drug-likeness (QED) is 0.0462. The van der Waals surface area contributed by atoms with E-state index < -0.39 is 47.5 Å². The van der Waals surface area contributed by atoms with Crippen molar-refractivity contribution < 1.29 is 23.9 Å². The van der Waals surface area contributed by atoms with Crippen LogP contribution in [-0.4, -0.2) is 80.8 Å². The number of tetrazole rings is 1. The van der Waals surface area contributed by atoms with Crippen LogP contribution < -0.4 is 21.4 Å². The molecule has 3 saturated carbocycles. The Morgan fingerprint density at radius 1 is 1.27 bits per heavy atom. The molecule has 5 rings (SSSR count). The molecular formula is C24H41BN10O6. The van der Waals surface area contributed by atoms with Crippen LogP contribution in [0.25, 0.3) is 0 Å². The van der Waals surface area contributed by atoms with Crippen LogP contribution in [-0.2, 0) is 25.3 Å². The highest BCUT2D eigenvalue weighted by atomic mass is 16.7. The van der Waals surface area contributed by atoms with E-state index in [9.17, 15) is 19.7 Å².